The molecule has 0 unspecified atom stereocenters. The van der Waals surface area contributed by atoms with E-state index in [1.807, 2.05) is 140 Å². The Morgan fingerprint density at radius 2 is 0.981 bits per heavy atom. The lowest BCUT2D eigenvalue weighted by Gasteiger charge is -2.24. The second kappa shape index (κ2) is 17.9. The minimum atomic E-state index is -0.774. The molecule has 7 heteroatoms. The molecule has 53 heavy (non-hydrogen) atoms. The Balaban J connectivity index is 1.25. The molecular weight excluding hydrogens is 664 g/mol. The Morgan fingerprint density at radius 1 is 0.509 bits per heavy atom. The maximum atomic E-state index is 10.7. The van der Waals surface area contributed by atoms with E-state index in [1.54, 1.807) is 12.1 Å². The van der Waals surface area contributed by atoms with Gasteiger partial charge in [0.05, 0.1) is 13.2 Å². The number of hydrogen-bond acceptors (Lipinski definition) is 7. The first-order valence-corrected chi connectivity index (χ1v) is 18.1. The molecule has 1 saturated heterocycles. The van der Waals surface area contributed by atoms with Gasteiger partial charge >= 0.3 is 0 Å². The molecule has 0 radical (unpaired) electrons. The number of phenolic OH excluding ortho intramolecular Hbond substituents is 1. The highest BCUT2D eigenvalue weighted by molar-refractivity contribution is 5.78. The topological polar surface area (TPSA) is 75.6 Å². The van der Waals surface area contributed by atoms with Gasteiger partial charge in [0.15, 0.2) is 6.29 Å². The molecule has 7 nitrogen and oxygen atoms in total. The van der Waals surface area contributed by atoms with E-state index < -0.39 is 18.9 Å². The van der Waals surface area contributed by atoms with Crippen LogP contribution in [0.3, 0.4) is 0 Å². The van der Waals surface area contributed by atoms with Crippen molar-refractivity contribution in [3.05, 3.63) is 185 Å². The van der Waals surface area contributed by atoms with Gasteiger partial charge < -0.3 is 33.5 Å². The fourth-order valence-electron chi connectivity index (χ4n) is 6.49. The molecule has 1 heterocycles. The molecule has 2 atom stereocenters. The van der Waals surface area contributed by atoms with Crippen molar-refractivity contribution in [3.8, 4) is 28.4 Å². The first kappa shape index (κ1) is 35.9. The lowest BCUT2D eigenvalue weighted by Crippen LogP contribution is -2.28. The standard InChI is InChI=1S/C46H44O7/c1-2-39-40(27-43-52-45(50-31-35-20-11-5-12-21-35)46(53-43)51-32-36-22-13-6-14-23-36)44(37-24-15-25-38(47)26-37)42(49-30-34-18-9-4-10-19-34)28-41(39)48-29-33-16-7-3-8-17-33/h3-26,28,43,45-47H,2,27,29-32H2,1H3/t45-,46-/m1/s1. The summed E-state index contributed by atoms with van der Waals surface area (Å²) in [6.45, 7) is 3.51. The molecule has 6 aromatic rings. The van der Waals surface area contributed by atoms with E-state index in [1.165, 1.54) is 0 Å². The number of phenols is 1. The van der Waals surface area contributed by atoms with Crippen molar-refractivity contribution in [2.45, 2.75) is 65.1 Å². The van der Waals surface area contributed by atoms with Gasteiger partial charge in [0.1, 0.15) is 30.5 Å². The number of hydrogen-bond donors (Lipinski definition) is 1. The summed E-state index contributed by atoms with van der Waals surface area (Å²) in [6, 6.07) is 49.3. The van der Waals surface area contributed by atoms with Crippen LogP contribution in [0, 0.1) is 0 Å². The number of rotatable bonds is 16. The van der Waals surface area contributed by atoms with Crippen molar-refractivity contribution < 1.29 is 33.5 Å². The molecule has 0 aliphatic carbocycles. The molecule has 0 bridgehead atoms. The molecule has 0 saturated carbocycles. The third-order valence-electron chi connectivity index (χ3n) is 9.11. The summed E-state index contributed by atoms with van der Waals surface area (Å²) in [6.07, 6.45) is -1.26. The van der Waals surface area contributed by atoms with Gasteiger partial charge in [0.25, 0.3) is 0 Å². The van der Waals surface area contributed by atoms with Crippen molar-refractivity contribution in [2.24, 2.45) is 0 Å². The molecule has 7 rings (SSSR count). The Bertz CT molecular complexity index is 1970. The van der Waals surface area contributed by atoms with Crippen LogP contribution in [0.2, 0.25) is 0 Å². The van der Waals surface area contributed by atoms with Gasteiger partial charge in [-0.1, -0.05) is 140 Å². The van der Waals surface area contributed by atoms with Gasteiger partial charge in [0, 0.05) is 18.1 Å². The summed E-state index contributed by atoms with van der Waals surface area (Å²) in [5.74, 6) is 1.49. The fourth-order valence-corrected chi connectivity index (χ4v) is 6.49. The summed E-state index contributed by atoms with van der Waals surface area (Å²) >= 11 is 0. The highest BCUT2D eigenvalue weighted by atomic mass is 16.9. The zero-order valence-electron chi connectivity index (χ0n) is 29.8. The number of ether oxygens (including phenoxy) is 6. The molecule has 0 spiro atoms. The molecule has 1 aliphatic rings. The minimum Gasteiger partial charge on any atom is -0.508 e. The predicted molar refractivity (Wildman–Crippen MR) is 204 cm³/mol. The van der Waals surface area contributed by atoms with Crippen LogP contribution in [0.25, 0.3) is 11.1 Å². The number of benzene rings is 6. The Kier molecular flexibility index (Phi) is 12.1. The molecule has 0 aromatic heterocycles. The zero-order chi connectivity index (χ0) is 36.2. The van der Waals surface area contributed by atoms with E-state index in [0.29, 0.717) is 50.8 Å². The fraction of sp³-hybridized carbons (Fsp3) is 0.217. The third kappa shape index (κ3) is 9.52. The summed E-state index contributed by atoms with van der Waals surface area (Å²) < 4.78 is 38.9. The van der Waals surface area contributed by atoms with Crippen LogP contribution in [0.4, 0.5) is 0 Å². The largest absolute Gasteiger partial charge is 0.508 e. The molecule has 1 fully saturated rings. The van der Waals surface area contributed by atoms with Crippen LogP contribution >= 0.6 is 0 Å². The van der Waals surface area contributed by atoms with E-state index in [4.69, 9.17) is 28.4 Å². The SMILES string of the molecule is CCc1c(OCc2ccccc2)cc(OCc2ccccc2)c(-c2cccc(O)c2)c1CC1O[C@@H](OCc2ccccc2)[C@H](OCc2ccccc2)O1. The monoisotopic (exact) mass is 708 g/mol. The third-order valence-corrected chi connectivity index (χ3v) is 9.11. The maximum absolute atomic E-state index is 10.7. The van der Waals surface area contributed by atoms with Gasteiger partial charge in [-0.05, 0) is 57.5 Å². The van der Waals surface area contributed by atoms with Crippen molar-refractivity contribution in [1.29, 1.82) is 0 Å². The van der Waals surface area contributed by atoms with Gasteiger partial charge in [-0.15, -0.1) is 0 Å². The average molecular weight is 709 g/mol. The highest BCUT2D eigenvalue weighted by Gasteiger charge is 2.39. The molecule has 0 amide bonds. The molecule has 1 aliphatic heterocycles. The van der Waals surface area contributed by atoms with Crippen molar-refractivity contribution >= 4 is 0 Å². The van der Waals surface area contributed by atoms with Gasteiger partial charge in [-0.25, -0.2) is 0 Å². The minimum absolute atomic E-state index is 0.155. The molecular formula is C46H44O7. The highest BCUT2D eigenvalue weighted by Crippen LogP contribution is 2.44. The zero-order valence-corrected chi connectivity index (χ0v) is 29.8. The summed E-state index contributed by atoms with van der Waals surface area (Å²) in [5.41, 5.74) is 7.69. The van der Waals surface area contributed by atoms with Crippen LogP contribution in [-0.2, 0) is 58.2 Å². The Hall–Kier alpha value is -5.44. The normalized spacial score (nSPS) is 15.7. The van der Waals surface area contributed by atoms with E-state index in [2.05, 4.69) is 6.92 Å². The van der Waals surface area contributed by atoms with Crippen LogP contribution in [-0.4, -0.2) is 24.0 Å². The van der Waals surface area contributed by atoms with Crippen LogP contribution in [0.5, 0.6) is 17.2 Å². The van der Waals surface area contributed by atoms with E-state index in [-0.39, 0.29) is 5.75 Å². The smallest absolute Gasteiger partial charge is 0.212 e. The molecule has 270 valence electrons. The second-order valence-corrected chi connectivity index (χ2v) is 12.9. The van der Waals surface area contributed by atoms with Gasteiger partial charge in [0.2, 0.25) is 12.6 Å². The van der Waals surface area contributed by atoms with Gasteiger partial charge in [-0.2, -0.15) is 0 Å². The lowest BCUT2D eigenvalue weighted by molar-refractivity contribution is -0.200. The van der Waals surface area contributed by atoms with Crippen LogP contribution in [0.1, 0.15) is 40.3 Å². The van der Waals surface area contributed by atoms with E-state index >= 15 is 0 Å². The molecule has 1 N–H and O–H groups in total. The van der Waals surface area contributed by atoms with Crippen molar-refractivity contribution in [3.63, 3.8) is 0 Å². The Morgan fingerprint density at radius 3 is 1.45 bits per heavy atom. The van der Waals surface area contributed by atoms with Crippen LogP contribution < -0.4 is 9.47 Å². The quantitative estimate of drug-likeness (QED) is 0.107. The molecule has 6 aromatic carbocycles. The summed E-state index contributed by atoms with van der Waals surface area (Å²) in [4.78, 5) is 0. The predicted octanol–water partition coefficient (Wildman–Crippen LogP) is 9.78. The summed E-state index contributed by atoms with van der Waals surface area (Å²) in [5, 5.41) is 10.7. The van der Waals surface area contributed by atoms with E-state index in [9.17, 15) is 5.11 Å². The van der Waals surface area contributed by atoms with Crippen molar-refractivity contribution in [2.75, 3.05) is 0 Å². The Labute approximate surface area is 311 Å². The first-order chi connectivity index (χ1) is 26.1. The second-order valence-electron chi connectivity index (χ2n) is 12.9. The van der Waals surface area contributed by atoms with E-state index in [0.717, 1.165) is 44.5 Å². The maximum Gasteiger partial charge on any atom is 0.212 e. The average Bonchev–Trinajstić information content (AvgIpc) is 3.60. The van der Waals surface area contributed by atoms with Gasteiger partial charge in [-0.3, -0.25) is 0 Å². The summed E-state index contributed by atoms with van der Waals surface area (Å²) in [7, 11) is 0. The first-order valence-electron chi connectivity index (χ1n) is 18.1. The number of aromatic hydroxyl groups is 1. The van der Waals surface area contributed by atoms with Crippen LogP contribution in [0.15, 0.2) is 152 Å². The lowest BCUT2D eigenvalue weighted by atomic mass is 9.90. The van der Waals surface area contributed by atoms with Crippen molar-refractivity contribution in [1.82, 2.24) is 0 Å².